The van der Waals surface area contributed by atoms with Gasteiger partial charge in [0, 0.05) is 22.5 Å². The minimum atomic E-state index is -1.78. The molecule has 1 aliphatic heterocycles. The van der Waals surface area contributed by atoms with Crippen molar-refractivity contribution in [3.8, 4) is 33.5 Å². The van der Waals surface area contributed by atoms with Gasteiger partial charge in [-0.2, -0.15) is 0 Å². The predicted molar refractivity (Wildman–Crippen MR) is 185 cm³/mol. The Morgan fingerprint density at radius 3 is 2.07 bits per heavy atom. The molecule has 0 unspecified atom stereocenters. The van der Waals surface area contributed by atoms with Crippen LogP contribution in [0.1, 0.15) is 0 Å². The van der Waals surface area contributed by atoms with E-state index in [2.05, 4.69) is 139 Å². The van der Waals surface area contributed by atoms with E-state index < -0.39 is 8.07 Å². The molecule has 0 saturated carbocycles. The second-order valence-corrected chi connectivity index (χ2v) is 16.5. The van der Waals surface area contributed by atoms with Gasteiger partial charge < -0.3 is 0 Å². The van der Waals surface area contributed by atoms with Crippen molar-refractivity contribution in [2.45, 2.75) is 13.1 Å². The molecule has 0 spiro atoms. The molecule has 8 aromatic rings. The number of pyridine rings is 2. The van der Waals surface area contributed by atoms with Crippen LogP contribution in [0.15, 0.2) is 134 Å². The van der Waals surface area contributed by atoms with Gasteiger partial charge in [0.25, 0.3) is 0 Å². The zero-order chi connectivity index (χ0) is 28.7. The van der Waals surface area contributed by atoms with Gasteiger partial charge in [-0.25, -0.2) is 4.98 Å². The number of rotatable bonds is 2. The molecule has 3 heterocycles. The van der Waals surface area contributed by atoms with Crippen molar-refractivity contribution in [3.05, 3.63) is 134 Å². The Balaban J connectivity index is 1.21. The molecule has 9 rings (SSSR count). The van der Waals surface area contributed by atoms with Gasteiger partial charge in [0.05, 0.1) is 16.7 Å². The number of hydrogen-bond donors (Lipinski definition) is 0. The lowest BCUT2D eigenvalue weighted by Crippen LogP contribution is -2.49. The number of benzene rings is 6. The Kier molecular flexibility index (Phi) is 5.09. The molecule has 0 amide bonds. The van der Waals surface area contributed by atoms with E-state index in [0.717, 1.165) is 33.1 Å². The van der Waals surface area contributed by atoms with Gasteiger partial charge in [-0.05, 0) is 72.4 Å². The van der Waals surface area contributed by atoms with Gasteiger partial charge in [-0.3, -0.25) is 4.98 Å². The quantitative estimate of drug-likeness (QED) is 0.154. The minimum Gasteiger partial charge on any atom is -0.254 e. The lowest BCUT2D eigenvalue weighted by molar-refractivity contribution is 1.37. The average molecular weight is 565 g/mol. The molecule has 0 N–H and O–H groups in total. The summed E-state index contributed by atoms with van der Waals surface area (Å²) in [7, 11) is -1.78. The van der Waals surface area contributed by atoms with E-state index in [1.165, 1.54) is 43.8 Å². The topological polar surface area (TPSA) is 25.8 Å². The number of hydrogen-bond acceptors (Lipinski definition) is 2. The maximum atomic E-state index is 5.17. The number of aromatic nitrogens is 2. The second kappa shape index (κ2) is 8.94. The van der Waals surface area contributed by atoms with Gasteiger partial charge in [-0.15, -0.1) is 0 Å². The van der Waals surface area contributed by atoms with Crippen LogP contribution in [0, 0.1) is 0 Å². The van der Waals surface area contributed by atoms with Crippen molar-refractivity contribution < 1.29 is 0 Å². The van der Waals surface area contributed by atoms with Gasteiger partial charge in [0.1, 0.15) is 8.07 Å². The van der Waals surface area contributed by atoms with E-state index >= 15 is 0 Å². The highest BCUT2D eigenvalue weighted by Crippen LogP contribution is 2.38. The zero-order valence-electron chi connectivity index (χ0n) is 24.1. The van der Waals surface area contributed by atoms with Crippen LogP contribution in [0.4, 0.5) is 0 Å². The van der Waals surface area contributed by atoms with Crippen molar-refractivity contribution in [1.29, 1.82) is 0 Å². The highest BCUT2D eigenvalue weighted by atomic mass is 28.3. The molecular formula is C40H28N2Si. The summed E-state index contributed by atoms with van der Waals surface area (Å²) < 4.78 is 0. The third-order valence-corrected chi connectivity index (χ3v) is 13.0. The van der Waals surface area contributed by atoms with Crippen LogP contribution in [0.5, 0.6) is 0 Å². The van der Waals surface area contributed by atoms with E-state index in [-0.39, 0.29) is 0 Å². The highest BCUT2D eigenvalue weighted by molar-refractivity contribution is 7.05. The first kappa shape index (κ1) is 24.5. The third-order valence-electron chi connectivity index (χ3n) is 9.48. The fraction of sp³-hybridized carbons (Fsp3) is 0.0500. The van der Waals surface area contributed by atoms with Crippen molar-refractivity contribution in [2.24, 2.45) is 0 Å². The summed E-state index contributed by atoms with van der Waals surface area (Å²) in [5.41, 5.74) is 9.33. The lowest BCUT2D eigenvalue weighted by atomic mass is 9.92. The van der Waals surface area contributed by atoms with E-state index in [1.54, 1.807) is 10.4 Å². The molecule has 6 aromatic carbocycles. The Morgan fingerprint density at radius 2 is 1.19 bits per heavy atom. The molecule has 43 heavy (non-hydrogen) atoms. The molecule has 2 aromatic heterocycles. The van der Waals surface area contributed by atoms with Crippen molar-refractivity contribution in [3.63, 3.8) is 0 Å². The van der Waals surface area contributed by atoms with Gasteiger partial charge in [0.2, 0.25) is 0 Å². The van der Waals surface area contributed by atoms with E-state index in [9.17, 15) is 0 Å². The van der Waals surface area contributed by atoms with Crippen LogP contribution in [0.2, 0.25) is 13.1 Å². The Morgan fingerprint density at radius 1 is 0.488 bits per heavy atom. The largest absolute Gasteiger partial charge is 0.254 e. The predicted octanol–water partition coefficient (Wildman–Crippen LogP) is 9.23. The van der Waals surface area contributed by atoms with Gasteiger partial charge in [0.15, 0.2) is 0 Å². The molecule has 0 fully saturated rings. The van der Waals surface area contributed by atoms with Crippen LogP contribution in [0.25, 0.3) is 76.9 Å². The summed E-state index contributed by atoms with van der Waals surface area (Å²) in [6, 6.07) is 46.6. The summed E-state index contributed by atoms with van der Waals surface area (Å²) in [6.07, 6.45) is 1.85. The first-order valence-corrected chi connectivity index (χ1v) is 17.9. The third kappa shape index (κ3) is 3.52. The van der Waals surface area contributed by atoms with Crippen molar-refractivity contribution in [2.75, 3.05) is 0 Å². The van der Waals surface area contributed by atoms with Crippen LogP contribution in [-0.2, 0) is 0 Å². The Bertz CT molecular complexity index is 2440. The summed E-state index contributed by atoms with van der Waals surface area (Å²) in [6.45, 7) is 4.99. The van der Waals surface area contributed by atoms with Gasteiger partial charge in [-0.1, -0.05) is 122 Å². The lowest BCUT2D eigenvalue weighted by Gasteiger charge is -2.21. The highest BCUT2D eigenvalue weighted by Gasteiger charge is 2.38. The Labute approximate surface area is 251 Å². The van der Waals surface area contributed by atoms with E-state index in [4.69, 9.17) is 4.98 Å². The molecule has 2 nitrogen and oxygen atoms in total. The first-order valence-electron chi connectivity index (χ1n) is 14.9. The zero-order valence-corrected chi connectivity index (χ0v) is 25.1. The van der Waals surface area contributed by atoms with Crippen molar-refractivity contribution >= 4 is 61.8 Å². The van der Waals surface area contributed by atoms with Crippen LogP contribution in [0.3, 0.4) is 0 Å². The first-order chi connectivity index (χ1) is 21.1. The molecule has 0 aliphatic carbocycles. The summed E-state index contributed by atoms with van der Waals surface area (Å²) >= 11 is 0. The fourth-order valence-corrected chi connectivity index (χ4v) is 10.9. The van der Waals surface area contributed by atoms with Crippen LogP contribution >= 0.6 is 0 Å². The molecule has 0 radical (unpaired) electrons. The molecular weight excluding hydrogens is 537 g/mol. The molecule has 202 valence electrons. The normalized spacial score (nSPS) is 13.5. The summed E-state index contributed by atoms with van der Waals surface area (Å²) in [5.74, 6) is 0. The SMILES string of the molecule is C[Si]1(C)c2ccccc2-c2ccc3cc(-c4ccc(-c5ccc6ccc7cccnc7c6n5)c5ccccc45)ccc3c21. The molecule has 0 bridgehead atoms. The van der Waals surface area contributed by atoms with Crippen LogP contribution < -0.4 is 10.4 Å². The molecule has 3 heteroatoms. The smallest absolute Gasteiger partial charge is 0.114 e. The average Bonchev–Trinajstić information content (AvgIpc) is 3.30. The molecule has 0 saturated heterocycles. The van der Waals surface area contributed by atoms with Crippen LogP contribution in [-0.4, -0.2) is 18.0 Å². The summed E-state index contributed by atoms with van der Waals surface area (Å²) in [4.78, 5) is 9.84. The van der Waals surface area contributed by atoms with E-state index in [1.807, 2.05) is 12.3 Å². The number of nitrogens with zero attached hydrogens (tertiary/aromatic N) is 2. The monoisotopic (exact) mass is 564 g/mol. The van der Waals surface area contributed by atoms with Crippen molar-refractivity contribution in [1.82, 2.24) is 9.97 Å². The minimum absolute atomic E-state index is 0.944. The molecule has 1 aliphatic rings. The maximum absolute atomic E-state index is 5.17. The Hall–Kier alpha value is -5.12. The maximum Gasteiger partial charge on any atom is 0.114 e. The number of fused-ring (bicyclic) bond motifs is 9. The second-order valence-electron chi connectivity index (χ2n) is 12.2. The molecule has 0 atom stereocenters. The standard InChI is InChI=1S/C40H28N2Si/c1-43(2)37-12-6-5-11-34(37)35-19-16-28-24-27(15-18-30(28)40(35)43)29-20-21-33(32-10-4-3-9-31(29)32)36-22-17-26-14-13-25-8-7-23-41-38(25)39(26)42-36/h3-24H,1-2H3. The van der Waals surface area contributed by atoms with E-state index in [0.29, 0.717) is 0 Å². The van der Waals surface area contributed by atoms with Gasteiger partial charge >= 0.3 is 0 Å². The fourth-order valence-electron chi connectivity index (χ4n) is 7.44. The summed E-state index contributed by atoms with van der Waals surface area (Å²) in [5, 5.41) is 10.5.